The lowest BCUT2D eigenvalue weighted by Crippen LogP contribution is -2.11. The molecule has 0 fully saturated rings. The number of fused-ring (bicyclic) bond motifs is 1. The van der Waals surface area contributed by atoms with Crippen molar-refractivity contribution in [2.75, 3.05) is 13.2 Å². The molecule has 16 heavy (non-hydrogen) atoms. The minimum Gasteiger partial charge on any atom is -0.490 e. The lowest BCUT2D eigenvalue weighted by molar-refractivity contribution is 0.169. The van der Waals surface area contributed by atoms with Crippen LogP contribution in [-0.4, -0.2) is 24.4 Å². The molecule has 3 nitrogen and oxygen atoms in total. The minimum atomic E-state index is -0.357. The van der Waals surface area contributed by atoms with Crippen molar-refractivity contribution in [3.05, 3.63) is 23.8 Å². The summed E-state index contributed by atoms with van der Waals surface area (Å²) in [5.74, 6) is 1.71. The summed E-state index contributed by atoms with van der Waals surface area (Å²) in [5.41, 5.74) is 1.08. The third-order valence-corrected chi connectivity index (χ3v) is 3.02. The highest BCUT2D eigenvalue weighted by molar-refractivity contribution is 5.44. The van der Waals surface area contributed by atoms with Crippen molar-refractivity contribution >= 4 is 0 Å². The second-order valence-electron chi connectivity index (χ2n) is 4.29. The van der Waals surface area contributed by atoms with E-state index in [1.54, 1.807) is 6.92 Å². The van der Waals surface area contributed by atoms with Gasteiger partial charge in [0, 0.05) is 12.3 Å². The number of aliphatic hydroxyl groups is 1. The lowest BCUT2D eigenvalue weighted by Gasteiger charge is -2.16. The fourth-order valence-corrected chi connectivity index (χ4v) is 1.74. The van der Waals surface area contributed by atoms with Crippen LogP contribution in [0.4, 0.5) is 0 Å². The van der Waals surface area contributed by atoms with Crippen LogP contribution in [0.25, 0.3) is 0 Å². The molecule has 1 N–H and O–H groups in total. The van der Waals surface area contributed by atoms with E-state index >= 15 is 0 Å². The predicted octanol–water partition coefficient (Wildman–Crippen LogP) is 2.33. The average Bonchev–Trinajstić information content (AvgIpc) is 2.51. The van der Waals surface area contributed by atoms with Crippen molar-refractivity contribution in [2.24, 2.45) is 0 Å². The Morgan fingerprint density at radius 1 is 1.12 bits per heavy atom. The summed E-state index contributed by atoms with van der Waals surface area (Å²) in [6, 6.07) is 5.89. The molecule has 3 heteroatoms. The summed E-state index contributed by atoms with van der Waals surface area (Å²) >= 11 is 0. The fraction of sp³-hybridized carbons (Fsp3) is 0.538. The molecule has 0 spiro atoms. The standard InChI is InChI=1S/C13H18O3/c1-9(10(2)14)11-4-5-12-13(8-11)16-7-3-6-15-12/h4-5,8-10,14H,3,6-7H2,1-2H3. The van der Waals surface area contributed by atoms with Crippen LogP contribution in [0, 0.1) is 0 Å². The second kappa shape index (κ2) is 4.74. The number of hydrogen-bond donors (Lipinski definition) is 1. The minimum absolute atomic E-state index is 0.108. The first-order valence-corrected chi connectivity index (χ1v) is 5.76. The summed E-state index contributed by atoms with van der Waals surface area (Å²) in [7, 11) is 0. The van der Waals surface area contributed by atoms with Crippen molar-refractivity contribution in [1.29, 1.82) is 0 Å². The summed E-state index contributed by atoms with van der Waals surface area (Å²) in [5, 5.41) is 9.56. The van der Waals surface area contributed by atoms with Crippen LogP contribution >= 0.6 is 0 Å². The zero-order valence-electron chi connectivity index (χ0n) is 9.77. The normalized spacial score (nSPS) is 18.7. The Morgan fingerprint density at radius 3 is 2.50 bits per heavy atom. The Labute approximate surface area is 96.0 Å². The van der Waals surface area contributed by atoms with Gasteiger partial charge in [-0.1, -0.05) is 13.0 Å². The molecule has 0 aromatic heterocycles. The molecule has 1 aliphatic heterocycles. The Bertz CT molecular complexity index is 360. The van der Waals surface area contributed by atoms with E-state index in [4.69, 9.17) is 9.47 Å². The summed E-state index contributed by atoms with van der Waals surface area (Å²) in [6.07, 6.45) is 0.556. The van der Waals surface area contributed by atoms with E-state index in [-0.39, 0.29) is 12.0 Å². The van der Waals surface area contributed by atoms with Gasteiger partial charge >= 0.3 is 0 Å². The van der Waals surface area contributed by atoms with E-state index < -0.39 is 0 Å². The molecule has 88 valence electrons. The largest absolute Gasteiger partial charge is 0.490 e. The molecule has 2 unspecified atom stereocenters. The summed E-state index contributed by atoms with van der Waals surface area (Å²) in [6.45, 7) is 5.20. The van der Waals surface area contributed by atoms with E-state index in [0.29, 0.717) is 13.2 Å². The zero-order chi connectivity index (χ0) is 11.5. The molecule has 1 heterocycles. The second-order valence-corrected chi connectivity index (χ2v) is 4.29. The summed E-state index contributed by atoms with van der Waals surface area (Å²) in [4.78, 5) is 0. The molecule has 1 aliphatic rings. The molecule has 1 aromatic rings. The Morgan fingerprint density at radius 2 is 1.81 bits per heavy atom. The van der Waals surface area contributed by atoms with Gasteiger partial charge in [0.05, 0.1) is 19.3 Å². The Balaban J connectivity index is 2.27. The molecule has 0 saturated heterocycles. The quantitative estimate of drug-likeness (QED) is 0.834. The smallest absolute Gasteiger partial charge is 0.161 e. The average molecular weight is 222 g/mol. The molecule has 0 bridgehead atoms. The van der Waals surface area contributed by atoms with E-state index in [1.165, 1.54) is 0 Å². The SMILES string of the molecule is CC(O)C(C)c1ccc2c(c1)OCCCO2. The maximum atomic E-state index is 9.56. The molecule has 0 saturated carbocycles. The molecule has 2 atom stereocenters. The fourth-order valence-electron chi connectivity index (χ4n) is 1.74. The first-order chi connectivity index (χ1) is 7.68. The van der Waals surface area contributed by atoms with Crippen molar-refractivity contribution in [2.45, 2.75) is 32.3 Å². The van der Waals surface area contributed by atoms with Crippen LogP contribution in [0.2, 0.25) is 0 Å². The van der Waals surface area contributed by atoms with E-state index in [9.17, 15) is 5.11 Å². The monoisotopic (exact) mass is 222 g/mol. The molecule has 2 rings (SSSR count). The Hall–Kier alpha value is -1.22. The highest BCUT2D eigenvalue weighted by atomic mass is 16.5. The van der Waals surface area contributed by atoms with Gasteiger partial charge in [0.2, 0.25) is 0 Å². The number of benzene rings is 1. The van der Waals surface area contributed by atoms with Gasteiger partial charge in [-0.2, -0.15) is 0 Å². The van der Waals surface area contributed by atoms with Crippen molar-refractivity contribution < 1.29 is 14.6 Å². The van der Waals surface area contributed by atoms with Crippen molar-refractivity contribution in [3.63, 3.8) is 0 Å². The highest BCUT2D eigenvalue weighted by Gasteiger charge is 2.16. The van der Waals surface area contributed by atoms with Gasteiger partial charge in [0.15, 0.2) is 11.5 Å². The van der Waals surface area contributed by atoms with Gasteiger partial charge in [0.25, 0.3) is 0 Å². The summed E-state index contributed by atoms with van der Waals surface area (Å²) < 4.78 is 11.2. The van der Waals surface area contributed by atoms with Crippen LogP contribution in [-0.2, 0) is 0 Å². The first kappa shape index (κ1) is 11.3. The zero-order valence-corrected chi connectivity index (χ0v) is 9.77. The Kier molecular flexibility index (Phi) is 3.34. The molecule has 0 aliphatic carbocycles. The van der Waals surface area contributed by atoms with Gasteiger partial charge in [-0.15, -0.1) is 0 Å². The predicted molar refractivity (Wildman–Crippen MR) is 62.1 cm³/mol. The third-order valence-electron chi connectivity index (χ3n) is 3.02. The molecular weight excluding hydrogens is 204 g/mol. The van der Waals surface area contributed by atoms with Gasteiger partial charge < -0.3 is 14.6 Å². The van der Waals surface area contributed by atoms with Crippen LogP contribution in [0.1, 0.15) is 31.7 Å². The van der Waals surface area contributed by atoms with Crippen LogP contribution < -0.4 is 9.47 Å². The molecular formula is C13H18O3. The highest BCUT2D eigenvalue weighted by Crippen LogP contribution is 2.33. The number of ether oxygens (including phenoxy) is 2. The number of aliphatic hydroxyl groups excluding tert-OH is 1. The maximum absolute atomic E-state index is 9.56. The molecule has 0 amide bonds. The number of hydrogen-bond acceptors (Lipinski definition) is 3. The van der Waals surface area contributed by atoms with Gasteiger partial charge in [0.1, 0.15) is 0 Å². The van der Waals surface area contributed by atoms with Crippen LogP contribution in [0.15, 0.2) is 18.2 Å². The van der Waals surface area contributed by atoms with Crippen molar-refractivity contribution in [1.82, 2.24) is 0 Å². The topological polar surface area (TPSA) is 38.7 Å². The maximum Gasteiger partial charge on any atom is 0.161 e. The van der Waals surface area contributed by atoms with Gasteiger partial charge in [-0.3, -0.25) is 0 Å². The first-order valence-electron chi connectivity index (χ1n) is 5.76. The molecule has 1 aromatic carbocycles. The van der Waals surface area contributed by atoms with E-state index in [0.717, 1.165) is 23.5 Å². The van der Waals surface area contributed by atoms with Gasteiger partial charge in [-0.05, 0) is 24.6 Å². The number of rotatable bonds is 2. The van der Waals surface area contributed by atoms with Crippen LogP contribution in [0.5, 0.6) is 11.5 Å². The van der Waals surface area contributed by atoms with Crippen molar-refractivity contribution in [3.8, 4) is 11.5 Å². The van der Waals surface area contributed by atoms with Gasteiger partial charge in [-0.25, -0.2) is 0 Å². The van der Waals surface area contributed by atoms with E-state index in [1.807, 2.05) is 25.1 Å². The molecule has 0 radical (unpaired) electrons. The van der Waals surface area contributed by atoms with Crippen LogP contribution in [0.3, 0.4) is 0 Å². The third kappa shape index (κ3) is 2.30. The lowest BCUT2D eigenvalue weighted by atomic mass is 9.96. The van der Waals surface area contributed by atoms with E-state index in [2.05, 4.69) is 0 Å².